The monoisotopic (exact) mass is 375 g/mol. The molecule has 2 aromatic heterocycles. The Morgan fingerprint density at radius 2 is 1.96 bits per heavy atom. The maximum Gasteiger partial charge on any atom is 0.188 e. The van der Waals surface area contributed by atoms with E-state index in [1.54, 1.807) is 11.3 Å². The third-order valence-electron chi connectivity index (χ3n) is 3.70. The molecule has 3 heterocycles. The molecule has 1 aliphatic heterocycles. The van der Waals surface area contributed by atoms with Crippen LogP contribution in [-0.4, -0.2) is 28.0 Å². The highest BCUT2D eigenvalue weighted by atomic mass is 35.5. The summed E-state index contributed by atoms with van der Waals surface area (Å²) in [6, 6.07) is 2.06. The lowest BCUT2D eigenvalue weighted by Gasteiger charge is -2.22. The lowest BCUT2D eigenvalue weighted by Crippen LogP contribution is -2.28. The van der Waals surface area contributed by atoms with Crippen molar-refractivity contribution in [2.24, 2.45) is 5.92 Å². The lowest BCUT2D eigenvalue weighted by atomic mass is 9.93. The minimum atomic E-state index is 0. The minimum Gasteiger partial charge on any atom is -0.317 e. The maximum atomic E-state index is 4.59. The van der Waals surface area contributed by atoms with Crippen LogP contribution in [0.1, 0.15) is 29.2 Å². The molecule has 0 unspecified atom stereocenters. The molecule has 2 aromatic rings. The van der Waals surface area contributed by atoms with Gasteiger partial charge in [0.1, 0.15) is 11.6 Å². The second-order valence-electron chi connectivity index (χ2n) is 5.59. The SMILES string of the molecule is Cc1nc(CC2CCNCC2)cc(Nc2ncc(C)s2)n1.Cl.Cl. The van der Waals surface area contributed by atoms with Gasteiger partial charge in [0.25, 0.3) is 0 Å². The van der Waals surface area contributed by atoms with Crippen molar-refractivity contribution in [1.82, 2.24) is 20.3 Å². The Kier molecular flexibility index (Phi) is 8.19. The van der Waals surface area contributed by atoms with Gasteiger partial charge in [-0.1, -0.05) is 0 Å². The topological polar surface area (TPSA) is 62.7 Å². The van der Waals surface area contributed by atoms with Crippen molar-refractivity contribution in [1.29, 1.82) is 0 Å². The van der Waals surface area contributed by atoms with Crippen LogP contribution < -0.4 is 10.6 Å². The molecule has 0 spiro atoms. The fourth-order valence-electron chi connectivity index (χ4n) is 2.70. The number of aromatic nitrogens is 3. The highest BCUT2D eigenvalue weighted by Crippen LogP contribution is 2.23. The summed E-state index contributed by atoms with van der Waals surface area (Å²) in [5.41, 5.74) is 1.13. The van der Waals surface area contributed by atoms with E-state index in [9.17, 15) is 0 Å². The zero-order chi connectivity index (χ0) is 14.7. The third kappa shape index (κ3) is 5.88. The van der Waals surface area contributed by atoms with Crippen molar-refractivity contribution in [2.45, 2.75) is 33.1 Å². The highest BCUT2D eigenvalue weighted by Gasteiger charge is 2.15. The van der Waals surface area contributed by atoms with E-state index >= 15 is 0 Å². The molecule has 0 bridgehead atoms. The Morgan fingerprint density at radius 3 is 2.61 bits per heavy atom. The second kappa shape index (κ2) is 9.37. The average Bonchev–Trinajstić information content (AvgIpc) is 2.84. The van der Waals surface area contributed by atoms with Crippen molar-refractivity contribution >= 4 is 47.1 Å². The molecule has 0 atom stereocenters. The Morgan fingerprint density at radius 1 is 1.22 bits per heavy atom. The molecule has 0 radical (unpaired) electrons. The van der Waals surface area contributed by atoms with E-state index in [1.807, 2.05) is 13.1 Å². The molecule has 2 N–H and O–H groups in total. The molecule has 3 rings (SSSR count). The molecule has 8 heteroatoms. The number of nitrogens with zero attached hydrogens (tertiary/aromatic N) is 3. The van der Waals surface area contributed by atoms with Gasteiger partial charge in [-0.2, -0.15) is 0 Å². The number of aryl methyl sites for hydroxylation is 2. The number of hydrogen-bond acceptors (Lipinski definition) is 6. The number of hydrogen-bond donors (Lipinski definition) is 2. The second-order valence-corrected chi connectivity index (χ2v) is 6.83. The van der Waals surface area contributed by atoms with Gasteiger partial charge in [0.2, 0.25) is 0 Å². The van der Waals surface area contributed by atoms with E-state index in [-0.39, 0.29) is 24.8 Å². The van der Waals surface area contributed by atoms with Crippen LogP contribution in [0.3, 0.4) is 0 Å². The van der Waals surface area contributed by atoms with Crippen LogP contribution in [-0.2, 0) is 6.42 Å². The van der Waals surface area contributed by atoms with Crippen LogP contribution in [0, 0.1) is 19.8 Å². The number of thiazole rings is 1. The van der Waals surface area contributed by atoms with Gasteiger partial charge in [0, 0.05) is 22.8 Å². The largest absolute Gasteiger partial charge is 0.317 e. The number of nitrogens with one attached hydrogen (secondary N) is 2. The number of anilines is 2. The molecule has 0 aliphatic carbocycles. The van der Waals surface area contributed by atoms with Crippen molar-refractivity contribution in [3.63, 3.8) is 0 Å². The Balaban J connectivity index is 0.00000132. The van der Waals surface area contributed by atoms with Gasteiger partial charge in [-0.3, -0.25) is 0 Å². The summed E-state index contributed by atoms with van der Waals surface area (Å²) in [7, 11) is 0. The fourth-order valence-corrected chi connectivity index (χ4v) is 3.37. The maximum absolute atomic E-state index is 4.59. The summed E-state index contributed by atoms with van der Waals surface area (Å²) in [6.45, 7) is 6.25. The summed E-state index contributed by atoms with van der Waals surface area (Å²) in [4.78, 5) is 14.6. The Labute approximate surface area is 153 Å². The molecule has 1 saturated heterocycles. The summed E-state index contributed by atoms with van der Waals surface area (Å²) >= 11 is 1.64. The summed E-state index contributed by atoms with van der Waals surface area (Å²) in [5, 5.41) is 7.58. The van der Waals surface area contributed by atoms with Crippen LogP contribution in [0.15, 0.2) is 12.3 Å². The van der Waals surface area contributed by atoms with Crippen molar-refractivity contribution < 1.29 is 0 Å². The van der Waals surface area contributed by atoms with Crippen molar-refractivity contribution in [3.8, 4) is 0 Å². The first kappa shape index (κ1) is 20.1. The zero-order valence-corrected chi connectivity index (χ0v) is 15.8. The molecule has 5 nitrogen and oxygen atoms in total. The van der Waals surface area contributed by atoms with Crippen LogP contribution in [0.25, 0.3) is 0 Å². The van der Waals surface area contributed by atoms with E-state index in [0.29, 0.717) is 0 Å². The third-order valence-corrected chi connectivity index (χ3v) is 4.53. The van der Waals surface area contributed by atoms with Gasteiger partial charge in [-0.15, -0.1) is 36.2 Å². The van der Waals surface area contributed by atoms with Gasteiger partial charge in [-0.25, -0.2) is 15.0 Å². The molecule has 0 aromatic carbocycles. The van der Waals surface area contributed by atoms with E-state index in [4.69, 9.17) is 0 Å². The Bertz CT molecular complexity index is 614. The first-order valence-corrected chi connectivity index (χ1v) is 8.25. The zero-order valence-electron chi connectivity index (χ0n) is 13.3. The molecular formula is C15H23Cl2N5S. The molecule has 128 valence electrons. The first-order chi connectivity index (χ1) is 10.2. The average molecular weight is 376 g/mol. The van der Waals surface area contributed by atoms with Crippen LogP contribution in [0.4, 0.5) is 10.9 Å². The highest BCUT2D eigenvalue weighted by molar-refractivity contribution is 7.15. The minimum absolute atomic E-state index is 0. The predicted molar refractivity (Wildman–Crippen MR) is 101 cm³/mol. The summed E-state index contributed by atoms with van der Waals surface area (Å²) in [5.74, 6) is 2.40. The van der Waals surface area contributed by atoms with Crippen LogP contribution >= 0.6 is 36.2 Å². The van der Waals surface area contributed by atoms with Crippen molar-refractivity contribution in [3.05, 3.63) is 28.7 Å². The van der Waals surface area contributed by atoms with Gasteiger partial charge < -0.3 is 10.6 Å². The van der Waals surface area contributed by atoms with Crippen molar-refractivity contribution in [2.75, 3.05) is 18.4 Å². The molecule has 0 amide bonds. The molecule has 1 aliphatic rings. The lowest BCUT2D eigenvalue weighted by molar-refractivity contribution is 0.370. The molecule has 1 fully saturated rings. The fraction of sp³-hybridized carbons (Fsp3) is 0.533. The smallest absolute Gasteiger partial charge is 0.188 e. The Hall–Kier alpha value is -0.950. The van der Waals surface area contributed by atoms with Crippen LogP contribution in [0.5, 0.6) is 0 Å². The van der Waals surface area contributed by atoms with Gasteiger partial charge in [0.15, 0.2) is 5.13 Å². The quantitative estimate of drug-likeness (QED) is 0.852. The number of piperidine rings is 1. The first-order valence-electron chi connectivity index (χ1n) is 7.44. The van der Waals surface area contributed by atoms with Crippen LogP contribution in [0.2, 0.25) is 0 Å². The molecule has 0 saturated carbocycles. The van der Waals surface area contributed by atoms with Gasteiger partial charge in [0.05, 0.1) is 0 Å². The van der Waals surface area contributed by atoms with E-state index in [2.05, 4.69) is 38.6 Å². The predicted octanol–water partition coefficient (Wildman–Crippen LogP) is 3.68. The number of halogens is 2. The summed E-state index contributed by atoms with van der Waals surface area (Å²) < 4.78 is 0. The van der Waals surface area contributed by atoms with Gasteiger partial charge in [-0.05, 0) is 52.1 Å². The van der Waals surface area contributed by atoms with E-state index in [0.717, 1.165) is 47.9 Å². The number of rotatable bonds is 4. The summed E-state index contributed by atoms with van der Waals surface area (Å²) in [6.07, 6.45) is 5.38. The van der Waals surface area contributed by atoms with Gasteiger partial charge >= 0.3 is 0 Å². The molecule has 23 heavy (non-hydrogen) atoms. The molecular weight excluding hydrogens is 353 g/mol. The normalized spacial score (nSPS) is 14.7. The standard InChI is InChI=1S/C15H21N5S.2ClH/c1-10-9-17-15(21-10)20-14-8-13(18-11(2)19-14)7-12-3-5-16-6-4-12;;/h8-9,12,16H,3-7H2,1-2H3,(H,17,18,19,20);2*1H. The van der Waals surface area contributed by atoms with E-state index in [1.165, 1.54) is 17.7 Å². The van der Waals surface area contributed by atoms with E-state index < -0.39 is 0 Å².